The molecule has 0 unspecified atom stereocenters. The van der Waals surface area contributed by atoms with E-state index in [0.29, 0.717) is 18.5 Å². The van der Waals surface area contributed by atoms with Crippen molar-refractivity contribution in [2.75, 3.05) is 6.54 Å². The largest absolute Gasteiger partial charge is 0.330 e. The first-order chi connectivity index (χ1) is 7.70. The maximum Gasteiger partial charge on any atom is 0.164 e. The molecule has 0 saturated carbocycles. The number of carbonyl (C=O) groups is 1. The van der Waals surface area contributed by atoms with Crippen LogP contribution in [0.3, 0.4) is 0 Å². The quantitative estimate of drug-likeness (QED) is 0.796. The van der Waals surface area contributed by atoms with E-state index >= 15 is 0 Å². The minimum absolute atomic E-state index is 0.0879. The van der Waals surface area contributed by atoms with Gasteiger partial charge in [-0.1, -0.05) is 12.1 Å². The van der Waals surface area contributed by atoms with E-state index in [0.717, 1.165) is 16.5 Å². The average Bonchev–Trinajstić information content (AvgIpc) is 2.28. The number of rotatable bonds is 3. The molecule has 0 aliphatic carbocycles. The molecule has 0 aliphatic heterocycles. The first-order valence-corrected chi connectivity index (χ1v) is 5.30. The third-order valence-electron chi connectivity index (χ3n) is 2.55. The first kappa shape index (κ1) is 10.8. The van der Waals surface area contributed by atoms with E-state index in [9.17, 15) is 4.79 Å². The van der Waals surface area contributed by atoms with Gasteiger partial charge in [-0.15, -0.1) is 0 Å². The van der Waals surface area contributed by atoms with Gasteiger partial charge in [0.25, 0.3) is 0 Å². The minimum Gasteiger partial charge on any atom is -0.330 e. The Balaban J connectivity index is 2.44. The molecule has 0 bridgehead atoms. The van der Waals surface area contributed by atoms with Crippen LogP contribution in [0.5, 0.6) is 0 Å². The van der Waals surface area contributed by atoms with Gasteiger partial charge in [-0.05, 0) is 31.0 Å². The number of pyridine rings is 1. The molecular formula is C13H14N2O. The molecule has 2 rings (SSSR count). The maximum atomic E-state index is 11.7. The van der Waals surface area contributed by atoms with Crippen LogP contribution >= 0.6 is 0 Å². The molecular weight excluding hydrogens is 200 g/mol. The fourth-order valence-electron chi connectivity index (χ4n) is 1.70. The van der Waals surface area contributed by atoms with Crippen LogP contribution in [0.25, 0.3) is 10.8 Å². The van der Waals surface area contributed by atoms with Crippen LogP contribution in [0, 0.1) is 6.92 Å². The molecule has 82 valence electrons. The smallest absolute Gasteiger partial charge is 0.164 e. The Bertz CT molecular complexity index is 534. The molecule has 3 heteroatoms. The Morgan fingerprint density at radius 1 is 1.31 bits per heavy atom. The number of Topliss-reactive ketones (excluding diaryl/α,β-unsaturated/α-hetero) is 1. The lowest BCUT2D eigenvalue weighted by atomic mass is 10.0. The summed E-state index contributed by atoms with van der Waals surface area (Å²) in [6.07, 6.45) is 2.19. The topological polar surface area (TPSA) is 56.0 Å². The molecule has 1 aromatic heterocycles. The van der Waals surface area contributed by atoms with E-state index in [1.807, 2.05) is 31.2 Å². The molecule has 3 nitrogen and oxygen atoms in total. The molecule has 0 radical (unpaired) electrons. The summed E-state index contributed by atoms with van der Waals surface area (Å²) in [5.74, 6) is 0.0879. The second-order valence-corrected chi connectivity index (χ2v) is 3.85. The number of nitrogens with zero attached hydrogens (tertiary/aromatic N) is 1. The predicted molar refractivity (Wildman–Crippen MR) is 64.5 cm³/mol. The van der Waals surface area contributed by atoms with Crippen molar-refractivity contribution in [1.29, 1.82) is 0 Å². The highest BCUT2D eigenvalue weighted by molar-refractivity contribution is 5.99. The van der Waals surface area contributed by atoms with E-state index in [4.69, 9.17) is 5.73 Å². The fraction of sp³-hybridized carbons (Fsp3) is 0.231. The van der Waals surface area contributed by atoms with Crippen LogP contribution in [0.2, 0.25) is 0 Å². The van der Waals surface area contributed by atoms with Gasteiger partial charge in [-0.2, -0.15) is 0 Å². The van der Waals surface area contributed by atoms with E-state index in [1.165, 1.54) is 0 Å². The number of fused-ring (bicyclic) bond motifs is 1. The number of nitrogens with two attached hydrogens (primary N) is 1. The SMILES string of the molecule is Cc1cc2ccc(C(=O)CCN)cc2cn1. The number of benzene rings is 1. The van der Waals surface area contributed by atoms with E-state index in [1.54, 1.807) is 6.20 Å². The van der Waals surface area contributed by atoms with Gasteiger partial charge >= 0.3 is 0 Å². The highest BCUT2D eigenvalue weighted by Gasteiger charge is 2.05. The number of carbonyl (C=O) groups excluding carboxylic acids is 1. The number of hydrogen-bond acceptors (Lipinski definition) is 3. The molecule has 0 fully saturated rings. The predicted octanol–water partition coefficient (Wildman–Crippen LogP) is 2.07. The summed E-state index contributed by atoms with van der Waals surface area (Å²) in [6, 6.07) is 7.68. The Labute approximate surface area is 94.3 Å². The summed E-state index contributed by atoms with van der Waals surface area (Å²) in [5.41, 5.74) is 7.06. The molecule has 0 spiro atoms. The average molecular weight is 214 g/mol. The van der Waals surface area contributed by atoms with Crippen LogP contribution in [-0.2, 0) is 0 Å². The van der Waals surface area contributed by atoms with Crippen molar-refractivity contribution in [3.63, 3.8) is 0 Å². The van der Waals surface area contributed by atoms with E-state index in [2.05, 4.69) is 4.98 Å². The lowest BCUT2D eigenvalue weighted by Gasteiger charge is -2.02. The van der Waals surface area contributed by atoms with E-state index in [-0.39, 0.29) is 5.78 Å². The first-order valence-electron chi connectivity index (χ1n) is 5.30. The van der Waals surface area contributed by atoms with Crippen LogP contribution < -0.4 is 5.73 Å². The maximum absolute atomic E-state index is 11.7. The van der Waals surface area contributed by atoms with Crippen molar-refractivity contribution in [2.45, 2.75) is 13.3 Å². The zero-order valence-electron chi connectivity index (χ0n) is 9.23. The molecule has 1 heterocycles. The van der Waals surface area contributed by atoms with Crippen molar-refractivity contribution in [1.82, 2.24) is 4.98 Å². The molecule has 2 aromatic rings. The number of aryl methyl sites for hydroxylation is 1. The van der Waals surface area contributed by atoms with Gasteiger partial charge < -0.3 is 5.73 Å². The van der Waals surface area contributed by atoms with Gasteiger partial charge in [0.1, 0.15) is 0 Å². The monoisotopic (exact) mass is 214 g/mol. The lowest BCUT2D eigenvalue weighted by Crippen LogP contribution is -2.07. The minimum atomic E-state index is 0.0879. The Morgan fingerprint density at radius 3 is 2.88 bits per heavy atom. The summed E-state index contributed by atoms with van der Waals surface area (Å²) >= 11 is 0. The number of ketones is 1. The van der Waals surface area contributed by atoms with Gasteiger partial charge in [0, 0.05) is 29.3 Å². The van der Waals surface area contributed by atoms with Crippen molar-refractivity contribution in [3.05, 3.63) is 41.7 Å². The van der Waals surface area contributed by atoms with E-state index < -0.39 is 0 Å². The summed E-state index contributed by atoms with van der Waals surface area (Å²) in [6.45, 7) is 2.34. The third kappa shape index (κ3) is 2.09. The second-order valence-electron chi connectivity index (χ2n) is 3.85. The number of aromatic nitrogens is 1. The summed E-state index contributed by atoms with van der Waals surface area (Å²) in [7, 11) is 0. The summed E-state index contributed by atoms with van der Waals surface area (Å²) < 4.78 is 0. The molecule has 0 atom stereocenters. The standard InChI is InChI=1S/C13H14N2O/c1-9-6-10-2-3-11(13(16)4-5-14)7-12(10)8-15-9/h2-3,6-8H,4-5,14H2,1H3. The highest BCUT2D eigenvalue weighted by atomic mass is 16.1. The molecule has 16 heavy (non-hydrogen) atoms. The molecule has 0 amide bonds. The normalized spacial score (nSPS) is 10.6. The zero-order valence-corrected chi connectivity index (χ0v) is 9.23. The fourth-order valence-corrected chi connectivity index (χ4v) is 1.70. The zero-order chi connectivity index (χ0) is 11.5. The van der Waals surface area contributed by atoms with Crippen molar-refractivity contribution in [3.8, 4) is 0 Å². The van der Waals surface area contributed by atoms with Crippen LogP contribution in [0.15, 0.2) is 30.5 Å². The van der Waals surface area contributed by atoms with Crippen molar-refractivity contribution in [2.24, 2.45) is 5.73 Å². The van der Waals surface area contributed by atoms with Crippen LogP contribution in [0.1, 0.15) is 22.5 Å². The third-order valence-corrected chi connectivity index (χ3v) is 2.55. The number of hydrogen-bond donors (Lipinski definition) is 1. The Morgan fingerprint density at radius 2 is 2.12 bits per heavy atom. The summed E-state index contributed by atoms with van der Waals surface area (Å²) in [4.78, 5) is 15.9. The molecule has 0 aliphatic rings. The van der Waals surface area contributed by atoms with Crippen LogP contribution in [0.4, 0.5) is 0 Å². The van der Waals surface area contributed by atoms with Crippen LogP contribution in [-0.4, -0.2) is 17.3 Å². The van der Waals surface area contributed by atoms with Gasteiger partial charge in [0.2, 0.25) is 0 Å². The molecule has 1 aromatic carbocycles. The Hall–Kier alpha value is -1.74. The van der Waals surface area contributed by atoms with Crippen molar-refractivity contribution < 1.29 is 4.79 Å². The van der Waals surface area contributed by atoms with Crippen molar-refractivity contribution >= 4 is 16.6 Å². The van der Waals surface area contributed by atoms with Gasteiger partial charge in [-0.3, -0.25) is 9.78 Å². The molecule has 0 saturated heterocycles. The molecule has 2 N–H and O–H groups in total. The van der Waals surface area contributed by atoms with Gasteiger partial charge in [-0.25, -0.2) is 0 Å². The second kappa shape index (κ2) is 4.41. The Kier molecular flexibility index (Phi) is 2.97. The van der Waals surface area contributed by atoms with Gasteiger partial charge in [0.15, 0.2) is 5.78 Å². The van der Waals surface area contributed by atoms with Gasteiger partial charge in [0.05, 0.1) is 0 Å². The lowest BCUT2D eigenvalue weighted by molar-refractivity contribution is 0.0985. The summed E-state index contributed by atoms with van der Waals surface area (Å²) in [5, 5.41) is 2.10. The highest BCUT2D eigenvalue weighted by Crippen LogP contribution is 2.16.